The predicted octanol–water partition coefficient (Wildman–Crippen LogP) is 3.66. The molecule has 1 aromatic heterocycles. The summed E-state index contributed by atoms with van der Waals surface area (Å²) in [6.45, 7) is 3.99. The Morgan fingerprint density at radius 2 is 2.00 bits per heavy atom. The Bertz CT molecular complexity index is 957. The molecule has 26 heavy (non-hydrogen) atoms. The first-order valence-corrected chi connectivity index (χ1v) is 9.27. The minimum Gasteiger partial charge on any atom is -0.335 e. The van der Waals surface area contributed by atoms with Gasteiger partial charge in [0.25, 0.3) is 0 Å². The smallest absolute Gasteiger partial charge is 0.234 e. The van der Waals surface area contributed by atoms with Crippen LogP contribution in [0.5, 0.6) is 0 Å². The van der Waals surface area contributed by atoms with Crippen LogP contribution in [0.3, 0.4) is 0 Å². The summed E-state index contributed by atoms with van der Waals surface area (Å²) in [6.07, 6.45) is 0. The van der Waals surface area contributed by atoms with E-state index in [-0.39, 0.29) is 11.7 Å². The van der Waals surface area contributed by atoms with Crippen LogP contribution in [0.25, 0.3) is 11.4 Å². The molecule has 0 bridgehead atoms. The molecule has 6 nitrogen and oxygen atoms in total. The lowest BCUT2D eigenvalue weighted by molar-refractivity contribution is -0.113. The molecule has 0 unspecified atom stereocenters. The second-order valence-electron chi connectivity index (χ2n) is 5.77. The molecular formula is C18H18ClN5OS. The summed E-state index contributed by atoms with van der Waals surface area (Å²) in [6, 6.07) is 13.0. The number of aromatic nitrogens is 3. The van der Waals surface area contributed by atoms with Crippen molar-refractivity contribution in [3.8, 4) is 11.4 Å². The molecule has 0 aliphatic heterocycles. The zero-order valence-corrected chi connectivity index (χ0v) is 15.9. The monoisotopic (exact) mass is 387 g/mol. The number of nitrogen functional groups attached to an aromatic ring is 1. The molecule has 8 heteroatoms. The number of nitrogens with one attached hydrogen (secondary N) is 1. The zero-order valence-electron chi connectivity index (χ0n) is 14.4. The molecule has 0 radical (unpaired) electrons. The van der Waals surface area contributed by atoms with Crippen LogP contribution in [0.1, 0.15) is 11.1 Å². The van der Waals surface area contributed by atoms with Gasteiger partial charge in [0.1, 0.15) is 0 Å². The highest BCUT2D eigenvalue weighted by molar-refractivity contribution is 7.99. The van der Waals surface area contributed by atoms with Gasteiger partial charge in [-0.05, 0) is 43.2 Å². The van der Waals surface area contributed by atoms with Crippen LogP contribution in [0.4, 0.5) is 5.69 Å². The van der Waals surface area contributed by atoms with Crippen molar-refractivity contribution >= 4 is 35.0 Å². The fraction of sp³-hybridized carbons (Fsp3) is 0.167. The van der Waals surface area contributed by atoms with Crippen LogP contribution in [0, 0.1) is 13.8 Å². The number of anilines is 1. The summed E-state index contributed by atoms with van der Waals surface area (Å²) in [5.41, 5.74) is 3.75. The molecule has 0 saturated heterocycles. The molecule has 1 heterocycles. The maximum Gasteiger partial charge on any atom is 0.234 e. The van der Waals surface area contributed by atoms with E-state index in [1.807, 2.05) is 44.2 Å². The fourth-order valence-electron chi connectivity index (χ4n) is 2.40. The molecule has 134 valence electrons. The number of carbonyl (C=O) groups is 1. The van der Waals surface area contributed by atoms with E-state index in [9.17, 15) is 4.79 Å². The molecular weight excluding hydrogens is 370 g/mol. The first kappa shape index (κ1) is 18.3. The van der Waals surface area contributed by atoms with Gasteiger partial charge in [0.15, 0.2) is 5.82 Å². The number of benzene rings is 2. The van der Waals surface area contributed by atoms with Gasteiger partial charge >= 0.3 is 0 Å². The molecule has 0 saturated carbocycles. The lowest BCUT2D eigenvalue weighted by Gasteiger charge is -2.10. The quantitative estimate of drug-likeness (QED) is 0.515. The molecule has 1 amide bonds. The Balaban J connectivity index is 1.67. The van der Waals surface area contributed by atoms with Gasteiger partial charge in [-0.2, -0.15) is 0 Å². The fourth-order valence-corrected chi connectivity index (χ4v) is 3.25. The van der Waals surface area contributed by atoms with Crippen molar-refractivity contribution < 1.29 is 4.79 Å². The molecule has 0 spiro atoms. The Kier molecular flexibility index (Phi) is 5.49. The third-order valence-electron chi connectivity index (χ3n) is 3.96. The lowest BCUT2D eigenvalue weighted by Crippen LogP contribution is -2.17. The van der Waals surface area contributed by atoms with Crippen molar-refractivity contribution in [2.24, 2.45) is 0 Å². The highest BCUT2D eigenvalue weighted by Crippen LogP contribution is 2.24. The van der Waals surface area contributed by atoms with E-state index in [4.69, 9.17) is 17.4 Å². The van der Waals surface area contributed by atoms with Gasteiger partial charge in [0, 0.05) is 16.3 Å². The van der Waals surface area contributed by atoms with Crippen molar-refractivity contribution in [3.05, 3.63) is 58.6 Å². The minimum atomic E-state index is -0.129. The molecule has 3 N–H and O–H groups in total. The standard InChI is InChI=1S/C18H18ClN5OS/c1-11-5-3-8-15(12(11)2)21-16(25)10-26-18-23-22-17(24(18)20)13-6-4-7-14(19)9-13/h3-9H,10,20H2,1-2H3,(H,21,25). The molecule has 3 aromatic rings. The summed E-state index contributed by atoms with van der Waals surface area (Å²) in [7, 11) is 0. The molecule has 0 fully saturated rings. The predicted molar refractivity (Wildman–Crippen MR) is 106 cm³/mol. The van der Waals surface area contributed by atoms with Gasteiger partial charge < -0.3 is 11.2 Å². The summed E-state index contributed by atoms with van der Waals surface area (Å²) in [4.78, 5) is 12.2. The molecule has 3 rings (SSSR count). The SMILES string of the molecule is Cc1cccc(NC(=O)CSc2nnc(-c3cccc(Cl)c3)n2N)c1C. The maximum absolute atomic E-state index is 12.2. The third-order valence-corrected chi connectivity index (χ3v) is 5.14. The summed E-state index contributed by atoms with van der Waals surface area (Å²) in [5.74, 6) is 6.61. The molecule has 2 aromatic carbocycles. The van der Waals surface area contributed by atoms with Crippen LogP contribution >= 0.6 is 23.4 Å². The van der Waals surface area contributed by atoms with Crippen molar-refractivity contribution in [2.45, 2.75) is 19.0 Å². The van der Waals surface area contributed by atoms with Gasteiger partial charge in [-0.3, -0.25) is 4.79 Å². The number of hydrogen-bond acceptors (Lipinski definition) is 5. The van der Waals surface area contributed by atoms with E-state index >= 15 is 0 Å². The first-order valence-electron chi connectivity index (χ1n) is 7.91. The van der Waals surface area contributed by atoms with Crippen molar-refractivity contribution in [3.63, 3.8) is 0 Å². The zero-order chi connectivity index (χ0) is 18.7. The normalized spacial score (nSPS) is 10.7. The van der Waals surface area contributed by atoms with Crippen LogP contribution in [-0.4, -0.2) is 26.5 Å². The van der Waals surface area contributed by atoms with Crippen LogP contribution < -0.4 is 11.2 Å². The minimum absolute atomic E-state index is 0.129. The van der Waals surface area contributed by atoms with Crippen LogP contribution in [0.2, 0.25) is 5.02 Å². The number of hydrogen-bond donors (Lipinski definition) is 2. The third kappa shape index (κ3) is 4.00. The summed E-state index contributed by atoms with van der Waals surface area (Å²) < 4.78 is 1.36. The van der Waals surface area contributed by atoms with Gasteiger partial charge in [0.2, 0.25) is 11.1 Å². The van der Waals surface area contributed by atoms with E-state index in [2.05, 4.69) is 15.5 Å². The van der Waals surface area contributed by atoms with Crippen molar-refractivity contribution in [1.82, 2.24) is 14.9 Å². The number of nitrogens with two attached hydrogens (primary N) is 1. The van der Waals surface area contributed by atoms with Gasteiger partial charge in [0.05, 0.1) is 5.75 Å². The largest absolute Gasteiger partial charge is 0.335 e. The highest BCUT2D eigenvalue weighted by atomic mass is 35.5. The van der Waals surface area contributed by atoms with Gasteiger partial charge in [-0.15, -0.1) is 10.2 Å². The number of rotatable bonds is 5. The van der Waals surface area contributed by atoms with E-state index in [0.29, 0.717) is 16.0 Å². The second-order valence-corrected chi connectivity index (χ2v) is 7.15. The molecule has 0 atom stereocenters. The number of thioether (sulfide) groups is 1. The average Bonchev–Trinajstić information content (AvgIpc) is 2.98. The van der Waals surface area contributed by atoms with E-state index in [0.717, 1.165) is 22.4 Å². The molecule has 0 aliphatic carbocycles. The summed E-state index contributed by atoms with van der Waals surface area (Å²) in [5, 5.41) is 12.1. The number of amides is 1. The first-order chi connectivity index (χ1) is 12.5. The maximum atomic E-state index is 12.2. The van der Waals surface area contributed by atoms with Crippen LogP contribution in [-0.2, 0) is 4.79 Å². The number of halogens is 1. The van der Waals surface area contributed by atoms with Crippen molar-refractivity contribution in [1.29, 1.82) is 0 Å². The lowest BCUT2D eigenvalue weighted by atomic mass is 10.1. The second kappa shape index (κ2) is 7.80. The Morgan fingerprint density at radius 3 is 2.77 bits per heavy atom. The topological polar surface area (TPSA) is 85.8 Å². The van der Waals surface area contributed by atoms with E-state index in [1.165, 1.54) is 16.4 Å². The Morgan fingerprint density at radius 1 is 1.23 bits per heavy atom. The number of carbonyl (C=O) groups excluding carboxylic acids is 1. The highest BCUT2D eigenvalue weighted by Gasteiger charge is 2.14. The van der Waals surface area contributed by atoms with Gasteiger partial charge in [-0.1, -0.05) is 47.6 Å². The van der Waals surface area contributed by atoms with Gasteiger partial charge in [-0.25, -0.2) is 4.68 Å². The van der Waals surface area contributed by atoms with Crippen LogP contribution in [0.15, 0.2) is 47.6 Å². The number of aryl methyl sites for hydroxylation is 1. The number of nitrogens with zero attached hydrogens (tertiary/aromatic N) is 3. The van der Waals surface area contributed by atoms with E-state index in [1.54, 1.807) is 12.1 Å². The summed E-state index contributed by atoms with van der Waals surface area (Å²) >= 11 is 7.22. The van der Waals surface area contributed by atoms with E-state index < -0.39 is 0 Å². The Labute approximate surface area is 160 Å². The Hall–Kier alpha value is -2.51. The average molecular weight is 388 g/mol. The van der Waals surface area contributed by atoms with Crippen molar-refractivity contribution in [2.75, 3.05) is 16.9 Å². The molecule has 0 aliphatic rings.